The van der Waals surface area contributed by atoms with Crippen LogP contribution in [0.15, 0.2) is 24.3 Å². The van der Waals surface area contributed by atoms with E-state index in [0.29, 0.717) is 5.75 Å². The smallest absolute Gasteiger partial charge is 0.497 e. The number of carbonyl (C=O) groups excluding carboxylic acids is 4. The van der Waals surface area contributed by atoms with Gasteiger partial charge in [-0.1, -0.05) is 12.1 Å². The van der Waals surface area contributed by atoms with Crippen molar-refractivity contribution in [3.8, 4) is 5.75 Å². The van der Waals surface area contributed by atoms with E-state index in [0.717, 1.165) is 5.56 Å². The van der Waals surface area contributed by atoms with Crippen molar-refractivity contribution in [2.75, 3.05) is 39.9 Å². The molecule has 278 valence electrons. The summed E-state index contributed by atoms with van der Waals surface area (Å²) in [7, 11) is 1.56. The fourth-order valence-electron chi connectivity index (χ4n) is 4.75. The summed E-state index contributed by atoms with van der Waals surface area (Å²) in [4.78, 5) is 55.3. The Balaban J connectivity index is 2.32. The van der Waals surface area contributed by atoms with Crippen LogP contribution in [0.5, 0.6) is 5.75 Å². The number of rotatable bonds is 12. The molecule has 0 spiro atoms. The number of hydrogen-bond donors (Lipinski definition) is 1. The van der Waals surface area contributed by atoms with Crippen molar-refractivity contribution in [3.05, 3.63) is 29.8 Å². The Labute approximate surface area is 291 Å². The highest BCUT2D eigenvalue weighted by Crippen LogP contribution is 2.30. The van der Waals surface area contributed by atoms with Gasteiger partial charge in [-0.05, 0) is 100 Å². The van der Waals surface area contributed by atoms with Gasteiger partial charge in [0, 0.05) is 19.6 Å². The number of alkyl carbamates (subject to hydrolysis) is 1. The zero-order valence-corrected chi connectivity index (χ0v) is 31.2. The number of nitrogens with zero attached hydrogens (tertiary/aromatic N) is 2. The summed E-state index contributed by atoms with van der Waals surface area (Å²) in [5.74, 6) is 0.647. The first-order valence-electron chi connectivity index (χ1n) is 16.6. The molecular weight excluding hydrogens is 638 g/mol. The van der Waals surface area contributed by atoms with E-state index in [1.807, 2.05) is 26.0 Å². The number of benzene rings is 1. The van der Waals surface area contributed by atoms with Crippen LogP contribution in [0.25, 0.3) is 0 Å². The molecule has 14 nitrogen and oxygen atoms in total. The normalized spacial score (nSPS) is 18.1. The van der Waals surface area contributed by atoms with Crippen LogP contribution in [0.4, 0.5) is 19.2 Å². The van der Waals surface area contributed by atoms with Gasteiger partial charge in [0.25, 0.3) is 0 Å². The minimum atomic E-state index is -1.11. The van der Waals surface area contributed by atoms with E-state index < -0.39 is 59.5 Å². The molecule has 3 atom stereocenters. The van der Waals surface area contributed by atoms with Crippen LogP contribution in [-0.2, 0) is 34.8 Å². The molecule has 0 aromatic heterocycles. The Bertz CT molecular complexity index is 1230. The van der Waals surface area contributed by atoms with Crippen molar-refractivity contribution >= 4 is 24.4 Å². The minimum absolute atomic E-state index is 0.0169. The number of hydrogen-bond acceptors (Lipinski definition) is 11. The molecule has 3 amide bonds. The van der Waals surface area contributed by atoms with Gasteiger partial charge >= 0.3 is 24.4 Å². The summed E-state index contributed by atoms with van der Waals surface area (Å²) < 4.78 is 39.1. The first-order valence-corrected chi connectivity index (χ1v) is 16.6. The summed E-state index contributed by atoms with van der Waals surface area (Å²) in [6.07, 6.45) is -5.00. The lowest BCUT2D eigenvalue weighted by atomic mass is 10.0. The molecule has 49 heavy (non-hydrogen) atoms. The fourth-order valence-corrected chi connectivity index (χ4v) is 4.75. The Hall–Kier alpha value is -3.94. The summed E-state index contributed by atoms with van der Waals surface area (Å²) in [5.41, 5.74) is -1.58. The van der Waals surface area contributed by atoms with E-state index >= 15 is 0 Å². The zero-order valence-electron chi connectivity index (χ0n) is 31.2. The average molecular weight is 696 g/mol. The second kappa shape index (κ2) is 17.6. The van der Waals surface area contributed by atoms with Crippen molar-refractivity contribution in [1.29, 1.82) is 0 Å². The van der Waals surface area contributed by atoms with Crippen molar-refractivity contribution in [2.45, 2.75) is 124 Å². The Morgan fingerprint density at radius 2 is 1.45 bits per heavy atom. The molecule has 1 aliphatic rings. The van der Waals surface area contributed by atoms with Crippen LogP contribution in [0, 0.1) is 0 Å². The predicted molar refractivity (Wildman–Crippen MR) is 182 cm³/mol. The van der Waals surface area contributed by atoms with Crippen LogP contribution >= 0.6 is 0 Å². The maximum atomic E-state index is 13.5. The highest BCUT2D eigenvalue weighted by atomic mass is 16.7. The van der Waals surface area contributed by atoms with E-state index in [1.54, 1.807) is 81.6 Å². The first-order chi connectivity index (χ1) is 22.6. The topological polar surface area (TPSA) is 151 Å². The Kier molecular flexibility index (Phi) is 14.8. The van der Waals surface area contributed by atoms with Gasteiger partial charge in [0.15, 0.2) is 12.2 Å². The number of ether oxygens (including phenoxy) is 7. The van der Waals surface area contributed by atoms with E-state index in [2.05, 4.69) is 5.32 Å². The Morgan fingerprint density at radius 3 is 1.98 bits per heavy atom. The third kappa shape index (κ3) is 15.4. The highest BCUT2D eigenvalue weighted by molar-refractivity contribution is 5.71. The summed E-state index contributed by atoms with van der Waals surface area (Å²) >= 11 is 0. The van der Waals surface area contributed by atoms with Crippen LogP contribution in [0.2, 0.25) is 0 Å². The van der Waals surface area contributed by atoms with Gasteiger partial charge in [0.1, 0.15) is 22.6 Å². The number of amides is 3. The van der Waals surface area contributed by atoms with E-state index in [4.69, 9.17) is 33.2 Å². The number of likely N-dealkylation sites (tertiary alicyclic amines) is 1. The lowest BCUT2D eigenvalue weighted by Crippen LogP contribution is -2.47. The van der Waals surface area contributed by atoms with Crippen LogP contribution < -0.4 is 10.1 Å². The molecule has 1 N–H and O–H groups in total. The molecule has 0 aliphatic carbocycles. The first kappa shape index (κ1) is 41.2. The molecule has 0 unspecified atom stereocenters. The summed E-state index contributed by atoms with van der Waals surface area (Å²) in [6.45, 7) is 19.9. The van der Waals surface area contributed by atoms with E-state index in [-0.39, 0.29) is 45.3 Å². The fraction of sp³-hybridized carbons (Fsp3) is 0.714. The van der Waals surface area contributed by atoms with Gasteiger partial charge < -0.3 is 43.4 Å². The van der Waals surface area contributed by atoms with Crippen molar-refractivity contribution in [3.63, 3.8) is 0 Å². The molecule has 1 fully saturated rings. The molecule has 0 saturated carbocycles. The molecule has 1 heterocycles. The standard InChI is InChI=1S/C35H57N3O11/c1-23(2)44-20-19-37(30(40)47-33(3,4)5)18-17-36-29(39)46-28-26(21-24-13-15-25(43-12)16-14-24)38(31(41)48-34(6,7)8)22-27(28)45-32(42)49-35(9,10)11/h13-16,23,26-28H,17-22H2,1-12H3,(H,36,39)/t26-,27+,28+/m1/s1. The van der Waals surface area contributed by atoms with E-state index in [1.165, 1.54) is 9.80 Å². The van der Waals surface area contributed by atoms with Gasteiger partial charge in [-0.3, -0.25) is 4.90 Å². The van der Waals surface area contributed by atoms with Gasteiger partial charge in [-0.15, -0.1) is 0 Å². The molecule has 0 bridgehead atoms. The molecule has 2 rings (SSSR count). The van der Waals surface area contributed by atoms with Gasteiger partial charge in [0.05, 0.1) is 32.4 Å². The number of methoxy groups -OCH3 is 1. The zero-order chi connectivity index (χ0) is 37.2. The Morgan fingerprint density at radius 1 is 0.857 bits per heavy atom. The maximum absolute atomic E-state index is 13.5. The molecule has 1 aromatic carbocycles. The highest BCUT2D eigenvalue weighted by Gasteiger charge is 2.50. The second-order valence-electron chi connectivity index (χ2n) is 15.1. The monoisotopic (exact) mass is 695 g/mol. The molecule has 0 radical (unpaired) electrons. The third-order valence-electron chi connectivity index (χ3n) is 6.75. The van der Waals surface area contributed by atoms with Gasteiger partial charge in [-0.2, -0.15) is 0 Å². The van der Waals surface area contributed by atoms with Gasteiger partial charge in [0.2, 0.25) is 0 Å². The molecule has 1 aliphatic heterocycles. The lowest BCUT2D eigenvalue weighted by Gasteiger charge is -2.30. The summed E-state index contributed by atoms with van der Waals surface area (Å²) in [6, 6.07) is 6.44. The van der Waals surface area contributed by atoms with Crippen molar-refractivity contribution in [1.82, 2.24) is 15.1 Å². The molecular formula is C35H57N3O11. The van der Waals surface area contributed by atoms with Crippen LogP contribution in [-0.4, -0.2) is 115 Å². The van der Waals surface area contributed by atoms with Crippen LogP contribution in [0.3, 0.4) is 0 Å². The molecule has 1 aromatic rings. The predicted octanol–water partition coefficient (Wildman–Crippen LogP) is 5.93. The van der Waals surface area contributed by atoms with Crippen LogP contribution in [0.1, 0.15) is 81.7 Å². The summed E-state index contributed by atoms with van der Waals surface area (Å²) in [5, 5.41) is 2.68. The average Bonchev–Trinajstić information content (AvgIpc) is 3.25. The largest absolute Gasteiger partial charge is 0.509 e. The van der Waals surface area contributed by atoms with Crippen molar-refractivity contribution in [2.24, 2.45) is 0 Å². The second-order valence-corrected chi connectivity index (χ2v) is 15.1. The quantitative estimate of drug-likeness (QED) is 0.205. The van der Waals surface area contributed by atoms with Gasteiger partial charge in [-0.25, -0.2) is 19.2 Å². The van der Waals surface area contributed by atoms with Crippen molar-refractivity contribution < 1.29 is 52.3 Å². The van der Waals surface area contributed by atoms with E-state index in [9.17, 15) is 19.2 Å². The number of carbonyl (C=O) groups is 4. The third-order valence-corrected chi connectivity index (χ3v) is 6.75. The molecule has 14 heteroatoms. The number of nitrogens with one attached hydrogen (secondary N) is 1. The maximum Gasteiger partial charge on any atom is 0.509 e. The minimum Gasteiger partial charge on any atom is -0.497 e. The SMILES string of the molecule is COc1ccc(C[C@@H]2[C@H](OC(=O)NCCN(CCOC(C)C)C(=O)OC(C)(C)C)[C@@H](OC(=O)OC(C)(C)C)CN2C(=O)OC(C)(C)C)cc1. The molecule has 1 saturated heterocycles. The lowest BCUT2D eigenvalue weighted by molar-refractivity contribution is -0.0518.